The predicted octanol–water partition coefficient (Wildman–Crippen LogP) is 2.72. The van der Waals surface area contributed by atoms with E-state index in [0.717, 1.165) is 17.7 Å². The first kappa shape index (κ1) is 10.6. The minimum Gasteiger partial charge on any atom is -0.493 e. The summed E-state index contributed by atoms with van der Waals surface area (Å²) < 4.78 is 11.1. The van der Waals surface area contributed by atoms with Gasteiger partial charge in [-0.15, -0.1) is 21.8 Å². The maximum absolute atomic E-state index is 5.66. The van der Waals surface area contributed by atoms with Crippen molar-refractivity contribution in [3.63, 3.8) is 0 Å². The van der Waals surface area contributed by atoms with Crippen molar-refractivity contribution < 1.29 is 9.15 Å². The van der Waals surface area contributed by atoms with Crippen LogP contribution in [0.4, 0.5) is 0 Å². The van der Waals surface area contributed by atoms with E-state index in [-0.39, 0.29) is 11.8 Å². The molecule has 0 saturated heterocycles. The van der Waals surface area contributed by atoms with Crippen LogP contribution < -0.4 is 4.74 Å². The zero-order chi connectivity index (χ0) is 11.7. The van der Waals surface area contributed by atoms with Gasteiger partial charge in [0.2, 0.25) is 11.8 Å². The van der Waals surface area contributed by atoms with Gasteiger partial charge in [0.25, 0.3) is 0 Å². The molecule has 0 N–H and O–H groups in total. The van der Waals surface area contributed by atoms with E-state index < -0.39 is 0 Å². The molecule has 0 radical (unpaired) electrons. The number of para-hydroxylation sites is 1. The fourth-order valence-corrected chi connectivity index (χ4v) is 2.17. The molecular formula is C12H11ClN2O2. The van der Waals surface area contributed by atoms with E-state index in [9.17, 15) is 0 Å². The average Bonchev–Trinajstić information content (AvgIpc) is 2.87. The van der Waals surface area contributed by atoms with E-state index in [4.69, 9.17) is 20.8 Å². The van der Waals surface area contributed by atoms with Gasteiger partial charge in [0, 0.05) is 5.56 Å². The summed E-state index contributed by atoms with van der Waals surface area (Å²) in [5.41, 5.74) is 1.10. The third-order valence-corrected chi connectivity index (χ3v) is 3.08. The van der Waals surface area contributed by atoms with Crippen LogP contribution in [0.15, 0.2) is 28.7 Å². The summed E-state index contributed by atoms with van der Waals surface area (Å²) in [6.07, 6.45) is 0.848. The first-order chi connectivity index (χ1) is 8.38. The van der Waals surface area contributed by atoms with Crippen molar-refractivity contribution in [3.05, 3.63) is 41.6 Å². The first-order valence-electron chi connectivity index (χ1n) is 5.48. The second-order valence-electron chi connectivity index (χ2n) is 3.90. The van der Waals surface area contributed by atoms with Crippen LogP contribution >= 0.6 is 11.6 Å². The molecule has 4 nitrogen and oxygen atoms in total. The Bertz CT molecular complexity index is 527. The molecule has 3 rings (SSSR count). The zero-order valence-electron chi connectivity index (χ0n) is 9.10. The van der Waals surface area contributed by atoms with E-state index in [1.807, 2.05) is 24.3 Å². The standard InChI is InChI=1S/C12H11ClN2O2/c13-7-11-14-15-12(17-11)9-5-6-16-10-4-2-1-3-8(9)10/h1-4,9H,5-7H2. The summed E-state index contributed by atoms with van der Waals surface area (Å²) in [4.78, 5) is 0. The smallest absolute Gasteiger partial charge is 0.231 e. The maximum Gasteiger partial charge on any atom is 0.231 e. The summed E-state index contributed by atoms with van der Waals surface area (Å²) in [7, 11) is 0. The molecule has 0 bridgehead atoms. The lowest BCUT2D eigenvalue weighted by molar-refractivity contribution is 0.264. The van der Waals surface area contributed by atoms with Crippen molar-refractivity contribution in [2.45, 2.75) is 18.2 Å². The summed E-state index contributed by atoms with van der Waals surface area (Å²) in [6, 6.07) is 7.93. The van der Waals surface area contributed by atoms with E-state index in [1.54, 1.807) is 0 Å². The highest BCUT2D eigenvalue weighted by Gasteiger charge is 2.27. The van der Waals surface area contributed by atoms with Gasteiger partial charge in [-0.3, -0.25) is 0 Å². The van der Waals surface area contributed by atoms with E-state index in [1.165, 1.54) is 0 Å². The van der Waals surface area contributed by atoms with E-state index in [2.05, 4.69) is 10.2 Å². The molecule has 1 aliphatic heterocycles. The van der Waals surface area contributed by atoms with Gasteiger partial charge in [-0.1, -0.05) is 18.2 Å². The highest BCUT2D eigenvalue weighted by molar-refractivity contribution is 6.16. The molecule has 2 heterocycles. The Morgan fingerprint density at radius 2 is 2.18 bits per heavy atom. The van der Waals surface area contributed by atoms with Crippen LogP contribution in [0.3, 0.4) is 0 Å². The highest BCUT2D eigenvalue weighted by Crippen LogP contribution is 2.37. The molecule has 1 aliphatic rings. The van der Waals surface area contributed by atoms with Crippen LogP contribution in [-0.4, -0.2) is 16.8 Å². The monoisotopic (exact) mass is 250 g/mol. The molecule has 2 aromatic rings. The quantitative estimate of drug-likeness (QED) is 0.769. The Hall–Kier alpha value is -1.55. The van der Waals surface area contributed by atoms with Crippen molar-refractivity contribution in [2.75, 3.05) is 6.61 Å². The summed E-state index contributed by atoms with van der Waals surface area (Å²) in [5, 5.41) is 7.95. The fourth-order valence-electron chi connectivity index (χ4n) is 2.06. The van der Waals surface area contributed by atoms with Crippen molar-refractivity contribution in [2.24, 2.45) is 0 Å². The third kappa shape index (κ3) is 1.89. The molecule has 1 aromatic heterocycles. The molecule has 17 heavy (non-hydrogen) atoms. The number of aromatic nitrogens is 2. The Morgan fingerprint density at radius 3 is 3.00 bits per heavy atom. The largest absolute Gasteiger partial charge is 0.493 e. The van der Waals surface area contributed by atoms with Crippen molar-refractivity contribution in [1.29, 1.82) is 0 Å². The molecule has 0 amide bonds. The number of rotatable bonds is 2. The lowest BCUT2D eigenvalue weighted by Gasteiger charge is -2.23. The second-order valence-corrected chi connectivity index (χ2v) is 4.16. The molecule has 1 aromatic carbocycles. The summed E-state index contributed by atoms with van der Waals surface area (Å²) >= 11 is 5.66. The number of ether oxygens (including phenoxy) is 1. The average molecular weight is 251 g/mol. The van der Waals surface area contributed by atoms with Crippen LogP contribution in [0.5, 0.6) is 5.75 Å². The summed E-state index contributed by atoms with van der Waals surface area (Å²) in [5.74, 6) is 2.35. The van der Waals surface area contributed by atoms with Crippen molar-refractivity contribution in [3.8, 4) is 5.75 Å². The lowest BCUT2D eigenvalue weighted by Crippen LogP contribution is -2.15. The first-order valence-corrected chi connectivity index (χ1v) is 6.02. The SMILES string of the molecule is ClCc1nnc(C2CCOc3ccccc32)o1. The van der Waals surface area contributed by atoms with Crippen LogP contribution in [0.2, 0.25) is 0 Å². The fraction of sp³-hybridized carbons (Fsp3) is 0.333. The number of nitrogens with zero attached hydrogens (tertiary/aromatic N) is 2. The number of hydrogen-bond donors (Lipinski definition) is 0. The van der Waals surface area contributed by atoms with Crippen molar-refractivity contribution in [1.82, 2.24) is 10.2 Å². The normalized spacial score (nSPS) is 18.5. The number of fused-ring (bicyclic) bond motifs is 1. The molecule has 0 saturated carbocycles. The third-order valence-electron chi connectivity index (χ3n) is 2.85. The Labute approximate surface area is 104 Å². The maximum atomic E-state index is 5.66. The molecule has 1 atom stereocenters. The molecule has 1 unspecified atom stereocenters. The topological polar surface area (TPSA) is 48.2 Å². The summed E-state index contributed by atoms with van der Waals surface area (Å²) in [6.45, 7) is 0.667. The number of halogens is 1. The van der Waals surface area contributed by atoms with Crippen LogP contribution in [0.1, 0.15) is 29.7 Å². The number of benzene rings is 1. The Balaban J connectivity index is 1.99. The molecule has 5 heteroatoms. The zero-order valence-corrected chi connectivity index (χ0v) is 9.85. The molecule has 0 fully saturated rings. The van der Waals surface area contributed by atoms with Crippen LogP contribution in [-0.2, 0) is 5.88 Å². The lowest BCUT2D eigenvalue weighted by atomic mass is 9.93. The highest BCUT2D eigenvalue weighted by atomic mass is 35.5. The van der Waals surface area contributed by atoms with Gasteiger partial charge in [-0.2, -0.15) is 0 Å². The Kier molecular flexibility index (Phi) is 2.73. The van der Waals surface area contributed by atoms with Crippen molar-refractivity contribution >= 4 is 11.6 Å². The predicted molar refractivity (Wildman–Crippen MR) is 62.3 cm³/mol. The van der Waals surface area contributed by atoms with Gasteiger partial charge in [-0.25, -0.2) is 0 Å². The van der Waals surface area contributed by atoms with Crippen LogP contribution in [0, 0.1) is 0 Å². The van der Waals surface area contributed by atoms with Gasteiger partial charge in [0.1, 0.15) is 11.6 Å². The van der Waals surface area contributed by atoms with Gasteiger partial charge in [-0.05, 0) is 12.5 Å². The van der Waals surface area contributed by atoms with Gasteiger partial charge < -0.3 is 9.15 Å². The Morgan fingerprint density at radius 1 is 1.29 bits per heavy atom. The van der Waals surface area contributed by atoms with Crippen LogP contribution in [0.25, 0.3) is 0 Å². The van der Waals surface area contributed by atoms with E-state index in [0.29, 0.717) is 18.4 Å². The number of alkyl halides is 1. The molecule has 0 spiro atoms. The minimum absolute atomic E-state index is 0.115. The van der Waals surface area contributed by atoms with Gasteiger partial charge >= 0.3 is 0 Å². The molecule has 88 valence electrons. The number of hydrogen-bond acceptors (Lipinski definition) is 4. The van der Waals surface area contributed by atoms with E-state index >= 15 is 0 Å². The van der Waals surface area contributed by atoms with Gasteiger partial charge in [0.15, 0.2) is 0 Å². The second kappa shape index (κ2) is 4.37. The minimum atomic E-state index is 0.115. The molecule has 0 aliphatic carbocycles. The van der Waals surface area contributed by atoms with Gasteiger partial charge in [0.05, 0.1) is 12.5 Å². The molecular weight excluding hydrogens is 240 g/mol.